The largest absolute Gasteiger partial charge is 0.454 e. The molecule has 8 heteroatoms. The molecule has 3 aliphatic rings. The topological polar surface area (TPSA) is 62.3 Å². The third-order valence-corrected chi connectivity index (χ3v) is 5.93. The van der Waals surface area contributed by atoms with Crippen molar-refractivity contribution in [2.24, 2.45) is 0 Å². The van der Waals surface area contributed by atoms with Crippen LogP contribution < -0.4 is 9.47 Å². The van der Waals surface area contributed by atoms with E-state index in [0.29, 0.717) is 54.8 Å². The molecule has 3 heterocycles. The molecular weight excluding hydrogens is 382 g/mol. The number of nitrogens with zero attached hydrogens (tertiary/aromatic N) is 3. The van der Waals surface area contributed by atoms with E-state index in [2.05, 4.69) is 4.90 Å². The quantitative estimate of drug-likeness (QED) is 0.768. The van der Waals surface area contributed by atoms with Crippen LogP contribution in [-0.2, 0) is 4.79 Å². The summed E-state index contributed by atoms with van der Waals surface area (Å²) in [5.41, 5.74) is 0.503. The van der Waals surface area contributed by atoms with Crippen molar-refractivity contribution in [2.75, 3.05) is 52.6 Å². The van der Waals surface area contributed by atoms with Crippen LogP contribution in [0.3, 0.4) is 0 Å². The Morgan fingerprint density at radius 3 is 2.32 bits per heavy atom. The van der Waals surface area contributed by atoms with Gasteiger partial charge in [-0.15, -0.1) is 0 Å². The molecule has 1 aromatic rings. The van der Waals surface area contributed by atoms with Crippen molar-refractivity contribution >= 4 is 23.4 Å². The van der Waals surface area contributed by atoms with Gasteiger partial charge in [0, 0.05) is 44.8 Å². The van der Waals surface area contributed by atoms with Crippen molar-refractivity contribution in [1.82, 2.24) is 14.7 Å². The molecule has 3 aliphatic heterocycles. The predicted octanol–water partition coefficient (Wildman–Crippen LogP) is 2.23. The summed E-state index contributed by atoms with van der Waals surface area (Å²) in [6.45, 7) is 4.90. The second-order valence-corrected chi connectivity index (χ2v) is 7.96. The minimum absolute atomic E-state index is 0.0707. The Balaban J connectivity index is 1.31. The lowest BCUT2D eigenvalue weighted by Crippen LogP contribution is -2.51. The van der Waals surface area contributed by atoms with Gasteiger partial charge in [-0.25, -0.2) is 0 Å². The molecule has 2 fully saturated rings. The van der Waals surface area contributed by atoms with Gasteiger partial charge in [-0.05, 0) is 25.0 Å². The fraction of sp³-hybridized carbons (Fsp3) is 0.600. The summed E-state index contributed by atoms with van der Waals surface area (Å²) < 4.78 is 10.7. The van der Waals surface area contributed by atoms with Gasteiger partial charge in [0.1, 0.15) is 0 Å². The van der Waals surface area contributed by atoms with Crippen LogP contribution in [0.15, 0.2) is 12.1 Å². The van der Waals surface area contributed by atoms with E-state index in [4.69, 9.17) is 21.1 Å². The molecule has 0 bridgehead atoms. The summed E-state index contributed by atoms with van der Waals surface area (Å²) in [6, 6.07) is 3.32. The average Bonchev–Trinajstić information content (AvgIpc) is 3.01. The van der Waals surface area contributed by atoms with E-state index in [1.54, 1.807) is 17.0 Å². The number of halogens is 1. The summed E-state index contributed by atoms with van der Waals surface area (Å²) in [6.07, 6.45) is 4.64. The summed E-state index contributed by atoms with van der Waals surface area (Å²) in [5.74, 6) is 1.15. The summed E-state index contributed by atoms with van der Waals surface area (Å²) in [4.78, 5) is 31.4. The number of carbonyl (C=O) groups is 2. The lowest BCUT2D eigenvalue weighted by Gasteiger charge is -2.35. The Morgan fingerprint density at radius 1 is 0.893 bits per heavy atom. The van der Waals surface area contributed by atoms with Crippen LogP contribution in [0.5, 0.6) is 11.5 Å². The zero-order valence-electron chi connectivity index (χ0n) is 16.0. The molecule has 28 heavy (non-hydrogen) atoms. The van der Waals surface area contributed by atoms with Crippen molar-refractivity contribution in [3.8, 4) is 11.5 Å². The second-order valence-electron chi connectivity index (χ2n) is 7.56. The van der Waals surface area contributed by atoms with E-state index in [1.165, 1.54) is 12.8 Å². The predicted molar refractivity (Wildman–Crippen MR) is 105 cm³/mol. The van der Waals surface area contributed by atoms with E-state index in [9.17, 15) is 9.59 Å². The summed E-state index contributed by atoms with van der Waals surface area (Å²) in [7, 11) is 0. The first kappa shape index (κ1) is 19.3. The molecule has 2 saturated heterocycles. The SMILES string of the molecule is O=C(CN1CCN(C(=O)c2cc(Cl)c3c(c2)OCO3)CC1)N1CCCCCC1. The highest BCUT2D eigenvalue weighted by molar-refractivity contribution is 6.32. The third kappa shape index (κ3) is 4.20. The zero-order valence-corrected chi connectivity index (χ0v) is 16.7. The Morgan fingerprint density at radius 2 is 1.61 bits per heavy atom. The Kier molecular flexibility index (Phi) is 5.92. The van der Waals surface area contributed by atoms with Gasteiger partial charge in [0.15, 0.2) is 11.5 Å². The highest BCUT2D eigenvalue weighted by Crippen LogP contribution is 2.40. The first-order valence-corrected chi connectivity index (χ1v) is 10.4. The lowest BCUT2D eigenvalue weighted by molar-refractivity contribution is -0.132. The minimum Gasteiger partial charge on any atom is -0.454 e. The fourth-order valence-corrected chi connectivity index (χ4v) is 4.26. The first-order chi connectivity index (χ1) is 13.6. The van der Waals surface area contributed by atoms with Gasteiger partial charge in [0.25, 0.3) is 5.91 Å². The third-order valence-electron chi connectivity index (χ3n) is 5.65. The standard InChI is InChI=1S/C20H26ClN3O4/c21-16-11-15(12-17-19(16)28-14-27-17)20(26)24-9-7-22(8-10-24)13-18(25)23-5-3-1-2-4-6-23/h11-12H,1-10,13-14H2. The summed E-state index contributed by atoms with van der Waals surface area (Å²) >= 11 is 6.20. The monoisotopic (exact) mass is 407 g/mol. The Hall–Kier alpha value is -1.99. The number of rotatable bonds is 3. The van der Waals surface area contributed by atoms with Gasteiger partial charge in [-0.1, -0.05) is 24.4 Å². The number of likely N-dealkylation sites (tertiary alicyclic amines) is 1. The number of ether oxygens (including phenoxy) is 2. The molecule has 0 unspecified atom stereocenters. The molecule has 0 spiro atoms. The van der Waals surface area contributed by atoms with Crippen LogP contribution in [0.2, 0.25) is 5.02 Å². The number of piperazine rings is 1. The average molecular weight is 408 g/mol. The number of hydrogen-bond acceptors (Lipinski definition) is 5. The molecule has 0 saturated carbocycles. The number of benzene rings is 1. The van der Waals surface area contributed by atoms with Gasteiger partial charge < -0.3 is 19.3 Å². The number of amides is 2. The number of fused-ring (bicyclic) bond motifs is 1. The lowest BCUT2D eigenvalue weighted by atomic mass is 10.1. The minimum atomic E-state index is -0.0707. The van der Waals surface area contributed by atoms with E-state index < -0.39 is 0 Å². The van der Waals surface area contributed by atoms with E-state index in [-0.39, 0.29) is 18.6 Å². The van der Waals surface area contributed by atoms with Gasteiger partial charge >= 0.3 is 0 Å². The molecule has 0 atom stereocenters. The van der Waals surface area contributed by atoms with Crippen molar-refractivity contribution in [2.45, 2.75) is 25.7 Å². The van der Waals surface area contributed by atoms with Crippen LogP contribution in [0.1, 0.15) is 36.0 Å². The molecule has 7 nitrogen and oxygen atoms in total. The maximum Gasteiger partial charge on any atom is 0.254 e. The Labute approximate surface area is 170 Å². The highest BCUT2D eigenvalue weighted by atomic mass is 35.5. The Bertz CT molecular complexity index is 741. The molecule has 4 rings (SSSR count). The van der Waals surface area contributed by atoms with Gasteiger partial charge in [0.2, 0.25) is 12.7 Å². The summed E-state index contributed by atoms with van der Waals surface area (Å²) in [5, 5.41) is 0.389. The van der Waals surface area contributed by atoms with E-state index >= 15 is 0 Å². The van der Waals surface area contributed by atoms with Crippen molar-refractivity contribution < 1.29 is 19.1 Å². The zero-order chi connectivity index (χ0) is 19.5. The fourth-order valence-electron chi connectivity index (χ4n) is 3.99. The van der Waals surface area contributed by atoms with Gasteiger partial charge in [0.05, 0.1) is 11.6 Å². The molecular formula is C20H26ClN3O4. The molecule has 0 aliphatic carbocycles. The number of hydrogen-bond donors (Lipinski definition) is 0. The maximum atomic E-state index is 12.8. The van der Waals surface area contributed by atoms with Crippen LogP contribution in [0, 0.1) is 0 Å². The second kappa shape index (κ2) is 8.57. The molecule has 0 radical (unpaired) electrons. The van der Waals surface area contributed by atoms with Crippen molar-refractivity contribution in [3.63, 3.8) is 0 Å². The highest BCUT2D eigenvalue weighted by Gasteiger charge is 2.27. The maximum absolute atomic E-state index is 12.8. The molecule has 2 amide bonds. The van der Waals surface area contributed by atoms with Crippen LogP contribution in [0.4, 0.5) is 0 Å². The van der Waals surface area contributed by atoms with Gasteiger partial charge in [-0.2, -0.15) is 0 Å². The first-order valence-electron chi connectivity index (χ1n) is 10.0. The normalized spacial score (nSPS) is 20.2. The van der Waals surface area contributed by atoms with Crippen molar-refractivity contribution in [3.05, 3.63) is 22.7 Å². The molecule has 0 N–H and O–H groups in total. The smallest absolute Gasteiger partial charge is 0.254 e. The van der Waals surface area contributed by atoms with Crippen LogP contribution >= 0.6 is 11.6 Å². The van der Waals surface area contributed by atoms with Crippen LogP contribution in [0.25, 0.3) is 0 Å². The van der Waals surface area contributed by atoms with Gasteiger partial charge in [-0.3, -0.25) is 14.5 Å². The van der Waals surface area contributed by atoms with E-state index in [1.807, 2.05) is 4.90 Å². The molecule has 152 valence electrons. The number of carbonyl (C=O) groups excluding carboxylic acids is 2. The van der Waals surface area contributed by atoms with Crippen LogP contribution in [-0.4, -0.2) is 79.1 Å². The van der Waals surface area contributed by atoms with Crippen molar-refractivity contribution in [1.29, 1.82) is 0 Å². The van der Waals surface area contributed by atoms with E-state index in [0.717, 1.165) is 25.9 Å². The molecule has 1 aromatic carbocycles. The molecule has 0 aromatic heterocycles.